The number of hydrogen-bond donors (Lipinski definition) is 2. The SMILES string of the molecule is CC(CN(C)C)NC(=O)CC1CCC(N)CC1. The molecule has 0 aromatic rings. The fraction of sp³-hybridized carbons (Fsp3) is 0.923. The van der Waals surface area contributed by atoms with Gasteiger partial charge in [-0.25, -0.2) is 0 Å². The van der Waals surface area contributed by atoms with Crippen molar-refractivity contribution >= 4 is 5.91 Å². The van der Waals surface area contributed by atoms with Gasteiger partial charge in [-0.2, -0.15) is 0 Å². The van der Waals surface area contributed by atoms with Crippen molar-refractivity contribution in [3.8, 4) is 0 Å². The Balaban J connectivity index is 2.20. The molecule has 17 heavy (non-hydrogen) atoms. The second kappa shape index (κ2) is 6.97. The van der Waals surface area contributed by atoms with Crippen LogP contribution < -0.4 is 11.1 Å². The Kier molecular flexibility index (Phi) is 5.92. The summed E-state index contributed by atoms with van der Waals surface area (Å²) in [6, 6.07) is 0.588. The molecule has 0 saturated heterocycles. The van der Waals surface area contributed by atoms with Crippen LogP contribution in [0.3, 0.4) is 0 Å². The van der Waals surface area contributed by atoms with Crippen molar-refractivity contribution in [2.75, 3.05) is 20.6 Å². The quantitative estimate of drug-likeness (QED) is 0.754. The number of carbonyl (C=O) groups is 1. The summed E-state index contributed by atoms with van der Waals surface area (Å²) in [6.07, 6.45) is 5.04. The first-order chi connectivity index (χ1) is 7.97. The first kappa shape index (κ1) is 14.5. The van der Waals surface area contributed by atoms with Crippen LogP contribution in [0.2, 0.25) is 0 Å². The van der Waals surface area contributed by atoms with E-state index >= 15 is 0 Å². The van der Waals surface area contributed by atoms with Crippen molar-refractivity contribution in [2.24, 2.45) is 11.7 Å². The lowest BCUT2D eigenvalue weighted by molar-refractivity contribution is -0.122. The van der Waals surface area contributed by atoms with Gasteiger partial charge in [0.1, 0.15) is 0 Å². The summed E-state index contributed by atoms with van der Waals surface area (Å²) in [4.78, 5) is 13.9. The number of amides is 1. The zero-order chi connectivity index (χ0) is 12.8. The minimum absolute atomic E-state index is 0.194. The third-order valence-electron chi connectivity index (χ3n) is 3.41. The molecule has 0 aromatic heterocycles. The lowest BCUT2D eigenvalue weighted by atomic mass is 9.84. The molecule has 4 nitrogen and oxygen atoms in total. The Hall–Kier alpha value is -0.610. The summed E-state index contributed by atoms with van der Waals surface area (Å²) in [6.45, 7) is 2.94. The molecule has 1 rings (SSSR count). The number of hydrogen-bond acceptors (Lipinski definition) is 3. The summed E-state index contributed by atoms with van der Waals surface area (Å²) < 4.78 is 0. The van der Waals surface area contributed by atoms with Gasteiger partial charge in [0, 0.05) is 25.0 Å². The van der Waals surface area contributed by atoms with Crippen LogP contribution in [0, 0.1) is 5.92 Å². The van der Waals surface area contributed by atoms with Gasteiger partial charge in [0.15, 0.2) is 0 Å². The van der Waals surface area contributed by atoms with E-state index in [-0.39, 0.29) is 11.9 Å². The Bertz CT molecular complexity index is 235. The predicted octanol–water partition coefficient (Wildman–Crippen LogP) is 0.960. The van der Waals surface area contributed by atoms with Crippen molar-refractivity contribution in [1.82, 2.24) is 10.2 Å². The Labute approximate surface area is 105 Å². The number of carbonyl (C=O) groups excluding carboxylic acids is 1. The molecular weight excluding hydrogens is 214 g/mol. The number of rotatable bonds is 5. The van der Waals surface area contributed by atoms with Crippen LogP contribution in [0.5, 0.6) is 0 Å². The molecule has 100 valence electrons. The van der Waals surface area contributed by atoms with Crippen molar-refractivity contribution < 1.29 is 4.79 Å². The van der Waals surface area contributed by atoms with Gasteiger partial charge < -0.3 is 16.0 Å². The molecule has 0 bridgehead atoms. The Morgan fingerprint density at radius 1 is 1.35 bits per heavy atom. The van der Waals surface area contributed by atoms with Gasteiger partial charge in [0.05, 0.1) is 0 Å². The maximum absolute atomic E-state index is 11.8. The van der Waals surface area contributed by atoms with Gasteiger partial charge >= 0.3 is 0 Å². The van der Waals surface area contributed by atoms with Gasteiger partial charge in [-0.15, -0.1) is 0 Å². The van der Waals surface area contributed by atoms with Gasteiger partial charge in [0.2, 0.25) is 5.91 Å². The maximum Gasteiger partial charge on any atom is 0.220 e. The lowest BCUT2D eigenvalue weighted by Gasteiger charge is -2.26. The van der Waals surface area contributed by atoms with Crippen LogP contribution in [0.25, 0.3) is 0 Å². The van der Waals surface area contributed by atoms with E-state index in [1.807, 2.05) is 14.1 Å². The number of nitrogens with zero attached hydrogens (tertiary/aromatic N) is 1. The summed E-state index contributed by atoms with van der Waals surface area (Å²) in [7, 11) is 4.04. The van der Waals surface area contributed by atoms with Gasteiger partial charge in [0.25, 0.3) is 0 Å². The third kappa shape index (κ3) is 6.03. The first-order valence-electron chi connectivity index (χ1n) is 6.67. The van der Waals surface area contributed by atoms with Crippen LogP contribution in [0.4, 0.5) is 0 Å². The van der Waals surface area contributed by atoms with Crippen molar-refractivity contribution in [1.29, 1.82) is 0 Å². The topological polar surface area (TPSA) is 58.4 Å². The molecular formula is C13H27N3O. The van der Waals surface area contributed by atoms with E-state index in [4.69, 9.17) is 5.73 Å². The number of nitrogens with two attached hydrogens (primary N) is 1. The average molecular weight is 241 g/mol. The molecule has 0 heterocycles. The molecule has 1 saturated carbocycles. The molecule has 1 fully saturated rings. The molecule has 0 aliphatic heterocycles. The monoisotopic (exact) mass is 241 g/mol. The second-order valence-electron chi connectivity index (χ2n) is 5.72. The van der Waals surface area contributed by atoms with E-state index in [2.05, 4.69) is 17.1 Å². The normalized spacial score (nSPS) is 26.9. The average Bonchev–Trinajstić information content (AvgIpc) is 2.19. The van der Waals surface area contributed by atoms with E-state index in [1.54, 1.807) is 0 Å². The summed E-state index contributed by atoms with van der Waals surface area (Å²) in [5, 5.41) is 3.06. The van der Waals surface area contributed by atoms with E-state index in [9.17, 15) is 4.79 Å². The fourth-order valence-electron chi connectivity index (χ4n) is 2.58. The van der Waals surface area contributed by atoms with Crippen molar-refractivity contribution in [2.45, 2.75) is 51.1 Å². The van der Waals surface area contributed by atoms with Crippen LogP contribution >= 0.6 is 0 Å². The van der Waals surface area contributed by atoms with Crippen LogP contribution in [0.1, 0.15) is 39.0 Å². The van der Waals surface area contributed by atoms with Crippen LogP contribution in [-0.4, -0.2) is 43.5 Å². The molecule has 0 radical (unpaired) electrons. The number of likely N-dealkylation sites (N-methyl/N-ethyl adjacent to an activating group) is 1. The third-order valence-corrected chi connectivity index (χ3v) is 3.41. The standard InChI is InChI=1S/C13H27N3O/c1-10(9-16(2)3)15-13(17)8-11-4-6-12(14)7-5-11/h10-12H,4-9,14H2,1-3H3,(H,15,17). The molecule has 4 heteroatoms. The maximum atomic E-state index is 11.8. The predicted molar refractivity (Wildman–Crippen MR) is 70.7 cm³/mol. The number of nitrogens with one attached hydrogen (secondary N) is 1. The molecule has 1 unspecified atom stereocenters. The minimum Gasteiger partial charge on any atom is -0.352 e. The summed E-state index contributed by atoms with van der Waals surface area (Å²) >= 11 is 0. The molecule has 1 aliphatic rings. The molecule has 1 atom stereocenters. The molecule has 0 spiro atoms. The first-order valence-corrected chi connectivity index (χ1v) is 6.67. The summed E-state index contributed by atoms with van der Waals surface area (Å²) in [5.74, 6) is 0.737. The molecule has 1 aliphatic carbocycles. The van der Waals surface area contributed by atoms with Crippen LogP contribution in [0.15, 0.2) is 0 Å². The van der Waals surface area contributed by atoms with Crippen molar-refractivity contribution in [3.05, 3.63) is 0 Å². The fourth-order valence-corrected chi connectivity index (χ4v) is 2.58. The highest BCUT2D eigenvalue weighted by atomic mass is 16.1. The minimum atomic E-state index is 0.194. The lowest BCUT2D eigenvalue weighted by Crippen LogP contribution is -2.40. The summed E-state index contributed by atoms with van der Waals surface area (Å²) in [5.41, 5.74) is 5.86. The Morgan fingerprint density at radius 2 is 1.94 bits per heavy atom. The highest BCUT2D eigenvalue weighted by Gasteiger charge is 2.21. The van der Waals surface area contributed by atoms with E-state index < -0.39 is 0 Å². The Morgan fingerprint density at radius 3 is 2.47 bits per heavy atom. The van der Waals surface area contributed by atoms with Crippen LogP contribution in [-0.2, 0) is 4.79 Å². The van der Waals surface area contributed by atoms with E-state index in [1.165, 1.54) is 0 Å². The highest BCUT2D eigenvalue weighted by Crippen LogP contribution is 2.25. The van der Waals surface area contributed by atoms with E-state index in [0.29, 0.717) is 18.4 Å². The molecule has 3 N–H and O–H groups in total. The zero-order valence-electron chi connectivity index (χ0n) is 11.4. The highest BCUT2D eigenvalue weighted by molar-refractivity contribution is 5.76. The van der Waals surface area contributed by atoms with Gasteiger partial charge in [-0.3, -0.25) is 4.79 Å². The van der Waals surface area contributed by atoms with Gasteiger partial charge in [-0.1, -0.05) is 0 Å². The van der Waals surface area contributed by atoms with Crippen molar-refractivity contribution in [3.63, 3.8) is 0 Å². The van der Waals surface area contributed by atoms with Gasteiger partial charge in [-0.05, 0) is 52.6 Å². The largest absolute Gasteiger partial charge is 0.352 e. The zero-order valence-corrected chi connectivity index (χ0v) is 11.4. The molecule has 0 aromatic carbocycles. The van der Waals surface area contributed by atoms with E-state index in [0.717, 1.165) is 32.2 Å². The smallest absolute Gasteiger partial charge is 0.220 e. The second-order valence-corrected chi connectivity index (χ2v) is 5.72. The molecule has 1 amide bonds.